The normalized spacial score (nSPS) is 13.6. The minimum absolute atomic E-state index is 0.642. The lowest BCUT2D eigenvalue weighted by Gasteiger charge is -2.30. The first-order valence-electron chi connectivity index (χ1n) is 12.7. The number of hydrogen-bond acceptors (Lipinski definition) is 6. The maximum Gasteiger partial charge on any atom is 0.337 e. The highest BCUT2D eigenvalue weighted by molar-refractivity contribution is 8.00. The van der Waals surface area contributed by atoms with E-state index < -0.39 is 17.7 Å². The van der Waals surface area contributed by atoms with Gasteiger partial charge in [0.25, 0.3) is 0 Å². The van der Waals surface area contributed by atoms with Crippen molar-refractivity contribution in [1.82, 2.24) is 9.55 Å². The highest BCUT2D eigenvalue weighted by Crippen LogP contribution is 2.42. The molecule has 3 aromatic rings. The lowest BCUT2D eigenvalue weighted by molar-refractivity contribution is -0.160. The summed E-state index contributed by atoms with van der Waals surface area (Å²) in [5.41, 5.74) is 5.66. The lowest BCUT2D eigenvalue weighted by Crippen LogP contribution is -2.28. The Bertz CT molecular complexity index is 1250. The van der Waals surface area contributed by atoms with Crippen LogP contribution in [-0.2, 0) is 23.0 Å². The maximum atomic E-state index is 12.6. The molecular weight excluding hydrogens is 486 g/mol. The Morgan fingerprint density at radius 3 is 2.59 bits per heavy atom. The Balaban J connectivity index is 0.00000186. The number of imidazole rings is 1. The van der Waals surface area contributed by atoms with Crippen molar-refractivity contribution in [2.24, 2.45) is 7.05 Å². The van der Waals surface area contributed by atoms with Crippen LogP contribution in [0, 0.1) is 13.8 Å². The van der Waals surface area contributed by atoms with Gasteiger partial charge in [-0.1, -0.05) is 19.9 Å². The number of hydrogen-bond donors (Lipinski definition) is 2. The van der Waals surface area contributed by atoms with Gasteiger partial charge in [0.15, 0.2) is 6.10 Å². The van der Waals surface area contributed by atoms with Gasteiger partial charge in [0.2, 0.25) is 0 Å². The van der Waals surface area contributed by atoms with Gasteiger partial charge in [0, 0.05) is 36.4 Å². The van der Waals surface area contributed by atoms with Crippen LogP contribution in [0.15, 0.2) is 41.8 Å². The van der Waals surface area contributed by atoms with Crippen LogP contribution in [0.2, 0.25) is 0 Å². The van der Waals surface area contributed by atoms with Crippen molar-refractivity contribution in [3.63, 3.8) is 0 Å². The molecule has 4 rings (SSSR count). The van der Waals surface area contributed by atoms with Crippen LogP contribution >= 0.6 is 11.9 Å². The highest BCUT2D eigenvalue weighted by Gasteiger charge is 2.32. The Hall–Kier alpha value is -2.97. The van der Waals surface area contributed by atoms with Gasteiger partial charge >= 0.3 is 5.97 Å². The predicted molar refractivity (Wildman–Crippen MR) is 150 cm³/mol. The van der Waals surface area contributed by atoms with Gasteiger partial charge in [0.1, 0.15) is 10.8 Å². The molecule has 0 aliphatic carbocycles. The molecule has 7 nitrogen and oxygen atoms in total. The molecule has 1 unspecified atom stereocenters. The molecule has 37 heavy (non-hydrogen) atoms. The van der Waals surface area contributed by atoms with E-state index in [4.69, 9.17) is 9.47 Å². The molecule has 0 amide bonds. The van der Waals surface area contributed by atoms with Crippen LogP contribution in [0.3, 0.4) is 0 Å². The van der Waals surface area contributed by atoms with E-state index in [9.17, 15) is 9.90 Å². The molecule has 200 valence electrons. The number of fused-ring (bicyclic) bond motifs is 1. The zero-order valence-electron chi connectivity index (χ0n) is 23.1. The molecule has 2 aromatic carbocycles. The Labute approximate surface area is 224 Å². The fraction of sp³-hybridized carbons (Fsp3) is 0.448. The van der Waals surface area contributed by atoms with Crippen molar-refractivity contribution in [2.45, 2.75) is 78.0 Å². The maximum absolute atomic E-state index is 12.6. The van der Waals surface area contributed by atoms with Crippen LogP contribution < -0.4 is 9.46 Å². The second-order valence-electron chi connectivity index (χ2n) is 9.96. The number of carboxylic acids is 1. The summed E-state index contributed by atoms with van der Waals surface area (Å²) in [7, 11) is 1.92. The molecule has 1 atom stereocenters. The van der Waals surface area contributed by atoms with Gasteiger partial charge in [-0.2, -0.15) is 0 Å². The molecule has 2 N–H and O–H groups in total. The lowest BCUT2D eigenvalue weighted by atomic mass is 9.86. The van der Waals surface area contributed by atoms with Crippen molar-refractivity contribution in [1.29, 1.82) is 0 Å². The largest absolute Gasteiger partial charge is 0.493 e. The minimum Gasteiger partial charge on any atom is -0.493 e. The summed E-state index contributed by atoms with van der Waals surface area (Å²) in [4.78, 5) is 16.9. The van der Waals surface area contributed by atoms with Gasteiger partial charge in [-0.25, -0.2) is 9.78 Å². The molecule has 1 aromatic heterocycles. The van der Waals surface area contributed by atoms with Crippen LogP contribution in [-0.4, -0.2) is 32.8 Å². The number of benzene rings is 2. The molecule has 0 fully saturated rings. The summed E-state index contributed by atoms with van der Waals surface area (Å²) in [5, 5.41) is 11.1. The first kappa shape index (κ1) is 28.6. The molecule has 2 heterocycles. The van der Waals surface area contributed by atoms with E-state index in [1.165, 1.54) is 11.9 Å². The number of rotatable bonds is 7. The number of nitrogens with one attached hydrogen (secondary N) is 1. The molecule has 0 saturated heterocycles. The summed E-state index contributed by atoms with van der Waals surface area (Å²) < 4.78 is 17.2. The van der Waals surface area contributed by atoms with Gasteiger partial charge in [-0.05, 0) is 93.5 Å². The van der Waals surface area contributed by atoms with Gasteiger partial charge in [-0.15, -0.1) is 0 Å². The number of nitrogens with zero attached hydrogens (tertiary/aromatic N) is 2. The van der Waals surface area contributed by atoms with E-state index in [-0.39, 0.29) is 0 Å². The van der Waals surface area contributed by atoms with E-state index in [1.54, 1.807) is 6.33 Å². The number of aryl methyl sites for hydroxylation is 3. The first-order valence-corrected chi connectivity index (χ1v) is 13.6. The molecular formula is C29H39N3O4S. The summed E-state index contributed by atoms with van der Waals surface area (Å²) in [6, 6.07) is 8.20. The van der Waals surface area contributed by atoms with E-state index >= 15 is 0 Å². The van der Waals surface area contributed by atoms with Gasteiger partial charge in [0.05, 0.1) is 18.5 Å². The zero-order valence-corrected chi connectivity index (χ0v) is 24.0. The quantitative estimate of drug-likeness (QED) is 0.318. The number of anilines is 1. The molecule has 0 bridgehead atoms. The van der Waals surface area contributed by atoms with Gasteiger partial charge < -0.3 is 23.9 Å². The SMILES string of the molecule is CC.Cc1cc(NSc2cn(C)cn2)c(C)c(C(OC(C)(C)C)C(=O)O)c1-c1ccc2c(c1)CCCO2. The Kier molecular flexibility index (Phi) is 9.31. The fourth-order valence-corrected chi connectivity index (χ4v) is 5.16. The van der Waals surface area contributed by atoms with E-state index in [0.717, 1.165) is 63.7 Å². The van der Waals surface area contributed by atoms with Crippen molar-refractivity contribution < 1.29 is 19.4 Å². The van der Waals surface area contributed by atoms with Crippen LogP contribution in [0.1, 0.15) is 69.4 Å². The number of carboxylic acid groups (broad SMARTS) is 1. The summed E-state index contributed by atoms with van der Waals surface area (Å²) in [6.07, 6.45) is 4.45. The summed E-state index contributed by atoms with van der Waals surface area (Å²) in [6.45, 7) is 14.3. The van der Waals surface area contributed by atoms with E-state index in [2.05, 4.69) is 21.8 Å². The third-order valence-corrected chi connectivity index (χ3v) is 6.68. The highest BCUT2D eigenvalue weighted by atomic mass is 32.2. The second kappa shape index (κ2) is 12.0. The zero-order chi connectivity index (χ0) is 27.3. The third kappa shape index (κ3) is 6.87. The van der Waals surface area contributed by atoms with Gasteiger partial charge in [-0.3, -0.25) is 0 Å². The molecule has 1 aliphatic heterocycles. The van der Waals surface area contributed by atoms with Crippen molar-refractivity contribution in [3.05, 3.63) is 59.0 Å². The van der Waals surface area contributed by atoms with E-state index in [1.807, 2.05) is 78.4 Å². The third-order valence-electron chi connectivity index (χ3n) is 5.93. The van der Waals surface area contributed by atoms with Crippen LogP contribution in [0.25, 0.3) is 11.1 Å². The topological polar surface area (TPSA) is 85.6 Å². The smallest absolute Gasteiger partial charge is 0.337 e. The van der Waals surface area contributed by atoms with Crippen LogP contribution in [0.5, 0.6) is 5.75 Å². The second-order valence-corrected chi connectivity index (χ2v) is 10.8. The monoisotopic (exact) mass is 525 g/mol. The van der Waals surface area contributed by atoms with Crippen molar-refractivity contribution in [3.8, 4) is 16.9 Å². The van der Waals surface area contributed by atoms with Crippen molar-refractivity contribution in [2.75, 3.05) is 11.3 Å². The Morgan fingerprint density at radius 1 is 1.24 bits per heavy atom. The molecule has 0 radical (unpaired) electrons. The van der Waals surface area contributed by atoms with E-state index in [0.29, 0.717) is 5.56 Å². The number of carbonyl (C=O) groups is 1. The number of ether oxygens (including phenoxy) is 2. The number of aliphatic carboxylic acids is 1. The Morgan fingerprint density at radius 2 is 1.97 bits per heavy atom. The number of aromatic nitrogens is 2. The average molecular weight is 526 g/mol. The minimum atomic E-state index is -1.13. The molecule has 8 heteroatoms. The van der Waals surface area contributed by atoms with Crippen molar-refractivity contribution >= 4 is 23.6 Å². The first-order chi connectivity index (χ1) is 17.5. The summed E-state index contributed by atoms with van der Waals surface area (Å²) >= 11 is 1.39. The summed E-state index contributed by atoms with van der Waals surface area (Å²) in [5.74, 6) is -0.110. The fourth-order valence-electron chi connectivity index (χ4n) is 4.41. The van der Waals surface area contributed by atoms with Crippen LogP contribution in [0.4, 0.5) is 5.69 Å². The standard InChI is InChI=1S/C27H33N3O4S.C2H6/c1-16-12-20(29-35-22-14-30(6)15-28-22)17(2)24(25(26(31)32)34-27(3,4)5)23(16)19-9-10-21-18(13-19)8-7-11-33-21;1-2/h9-10,12-15,25,29H,7-8,11H2,1-6H3,(H,31,32);1-2H3. The molecule has 1 aliphatic rings. The molecule has 0 saturated carbocycles. The predicted octanol–water partition coefficient (Wildman–Crippen LogP) is 7.12. The molecule has 0 spiro atoms. The average Bonchev–Trinajstić information content (AvgIpc) is 3.28.